The van der Waals surface area contributed by atoms with Crippen LogP contribution in [0.5, 0.6) is 0 Å². The summed E-state index contributed by atoms with van der Waals surface area (Å²) < 4.78 is 24.6. The normalized spacial score (nSPS) is 23.3. The zero-order valence-electron chi connectivity index (χ0n) is 26.6. The summed E-state index contributed by atoms with van der Waals surface area (Å²) >= 11 is 0. The van der Waals surface area contributed by atoms with Crippen LogP contribution in [0.15, 0.2) is 24.3 Å². The van der Waals surface area contributed by atoms with E-state index in [2.05, 4.69) is 66.8 Å². The predicted octanol–water partition coefficient (Wildman–Crippen LogP) is 11.2. The first-order chi connectivity index (χ1) is 18.8. The van der Waals surface area contributed by atoms with Crippen molar-refractivity contribution in [3.05, 3.63) is 63.5 Å². The molecule has 2 nitrogen and oxygen atoms in total. The average Bonchev–Trinajstić information content (AvgIpc) is 3.41. The van der Waals surface area contributed by atoms with Crippen molar-refractivity contribution in [2.75, 3.05) is 0 Å². The van der Waals surface area contributed by atoms with E-state index in [0.29, 0.717) is 11.8 Å². The number of aryl methyl sites for hydroxylation is 1. The molecule has 40 heavy (non-hydrogen) atoms. The highest BCUT2D eigenvalue weighted by Crippen LogP contribution is 2.54. The number of benzene rings is 1. The largest absolute Gasteiger partial charge is 0.410 e. The predicted molar refractivity (Wildman–Crippen MR) is 169 cm³/mol. The fourth-order valence-electron chi connectivity index (χ4n) is 7.47. The molecule has 0 amide bonds. The highest BCUT2D eigenvalue weighted by Gasteiger charge is 2.46. The molecule has 4 heteroatoms. The number of rotatable bonds is 6. The van der Waals surface area contributed by atoms with Gasteiger partial charge in [0.1, 0.15) is 0 Å². The Morgan fingerprint density at radius 2 is 1.48 bits per heavy atom. The molecule has 2 atom stereocenters. The molecule has 3 aliphatic carbocycles. The van der Waals surface area contributed by atoms with Crippen LogP contribution in [0.3, 0.4) is 0 Å². The Bertz CT molecular complexity index is 1180. The Hall–Kier alpha value is -1.52. The summed E-state index contributed by atoms with van der Waals surface area (Å²) in [5.41, 5.74) is 7.93. The number of aromatic nitrogens is 1. The molecule has 3 aliphatic rings. The SMILES string of the molecule is Cc1ccc([C@H](F)c2c(C3CCCC3)nc3c(c2C2CCCCC2)[C@@H](O[Si](C)(C)C(C)(C)C)CC(C)(C)C3)cc1. The average molecular weight is 564 g/mol. The van der Waals surface area contributed by atoms with Crippen molar-refractivity contribution >= 4 is 8.32 Å². The molecule has 2 fully saturated rings. The van der Waals surface area contributed by atoms with Crippen LogP contribution in [-0.4, -0.2) is 13.3 Å². The zero-order chi connectivity index (χ0) is 28.9. The van der Waals surface area contributed by atoms with E-state index in [1.807, 2.05) is 12.1 Å². The van der Waals surface area contributed by atoms with Gasteiger partial charge in [-0.3, -0.25) is 4.98 Å². The lowest BCUT2D eigenvalue weighted by Crippen LogP contribution is -2.44. The van der Waals surface area contributed by atoms with Gasteiger partial charge in [-0.2, -0.15) is 0 Å². The quantitative estimate of drug-likeness (QED) is 0.326. The van der Waals surface area contributed by atoms with E-state index in [-0.39, 0.29) is 16.6 Å². The molecule has 0 saturated heterocycles. The van der Waals surface area contributed by atoms with Gasteiger partial charge in [-0.15, -0.1) is 0 Å². The fourth-order valence-corrected chi connectivity index (χ4v) is 8.74. The van der Waals surface area contributed by atoms with Gasteiger partial charge in [-0.1, -0.05) is 96.6 Å². The lowest BCUT2D eigenvalue weighted by Gasteiger charge is -2.46. The number of alkyl halides is 1. The van der Waals surface area contributed by atoms with Crippen molar-refractivity contribution in [3.63, 3.8) is 0 Å². The summed E-state index contributed by atoms with van der Waals surface area (Å²) in [6, 6.07) is 8.15. The van der Waals surface area contributed by atoms with Crippen LogP contribution < -0.4 is 0 Å². The van der Waals surface area contributed by atoms with Gasteiger partial charge < -0.3 is 4.43 Å². The third kappa shape index (κ3) is 6.00. The van der Waals surface area contributed by atoms with Gasteiger partial charge in [0.15, 0.2) is 14.5 Å². The second-order valence-electron chi connectivity index (χ2n) is 15.7. The second-order valence-corrected chi connectivity index (χ2v) is 20.4. The van der Waals surface area contributed by atoms with Crippen molar-refractivity contribution in [2.24, 2.45) is 5.41 Å². The van der Waals surface area contributed by atoms with E-state index in [9.17, 15) is 0 Å². The highest BCUT2D eigenvalue weighted by molar-refractivity contribution is 6.74. The Labute approximate surface area is 245 Å². The third-order valence-corrected chi connectivity index (χ3v) is 15.2. The molecule has 0 spiro atoms. The highest BCUT2D eigenvalue weighted by atomic mass is 28.4. The first-order valence-corrected chi connectivity index (χ1v) is 19.1. The van der Waals surface area contributed by atoms with Crippen LogP contribution in [0.1, 0.15) is 162 Å². The van der Waals surface area contributed by atoms with Gasteiger partial charge >= 0.3 is 0 Å². The number of halogens is 1. The molecule has 5 rings (SSSR count). The van der Waals surface area contributed by atoms with E-state index in [1.165, 1.54) is 54.5 Å². The smallest absolute Gasteiger partial charge is 0.192 e. The van der Waals surface area contributed by atoms with E-state index in [0.717, 1.165) is 55.3 Å². The van der Waals surface area contributed by atoms with Crippen molar-refractivity contribution in [3.8, 4) is 0 Å². The summed E-state index contributed by atoms with van der Waals surface area (Å²) in [6.07, 6.45) is 11.6. The van der Waals surface area contributed by atoms with Crippen molar-refractivity contribution in [1.29, 1.82) is 0 Å². The molecule has 1 aromatic heterocycles. The van der Waals surface area contributed by atoms with Gasteiger partial charge in [0.05, 0.1) is 11.8 Å². The summed E-state index contributed by atoms with van der Waals surface area (Å²) in [7, 11) is -2.07. The lowest BCUT2D eigenvalue weighted by molar-refractivity contribution is 0.104. The maximum absolute atomic E-state index is 17.2. The summed E-state index contributed by atoms with van der Waals surface area (Å²) in [4.78, 5) is 5.55. The first kappa shape index (κ1) is 30.0. The molecule has 2 aromatic rings. The number of fused-ring (bicyclic) bond motifs is 1. The van der Waals surface area contributed by atoms with Gasteiger partial charge in [0.2, 0.25) is 0 Å². The third-order valence-electron chi connectivity index (χ3n) is 10.8. The van der Waals surface area contributed by atoms with Crippen molar-refractivity contribution < 1.29 is 8.82 Å². The summed E-state index contributed by atoms with van der Waals surface area (Å²) in [6.45, 7) is 18.6. The molecular weight excluding hydrogens is 509 g/mol. The Morgan fingerprint density at radius 3 is 2.08 bits per heavy atom. The number of pyridine rings is 1. The van der Waals surface area contributed by atoms with Gasteiger partial charge in [-0.25, -0.2) is 4.39 Å². The van der Waals surface area contributed by atoms with Crippen LogP contribution in [0.2, 0.25) is 18.1 Å². The van der Waals surface area contributed by atoms with Gasteiger partial charge in [-0.05, 0) is 86.0 Å². The van der Waals surface area contributed by atoms with E-state index in [4.69, 9.17) is 9.41 Å². The minimum atomic E-state index is -2.07. The maximum Gasteiger partial charge on any atom is 0.192 e. The Balaban J connectivity index is 1.77. The molecule has 1 aromatic carbocycles. The van der Waals surface area contributed by atoms with Crippen LogP contribution in [0.25, 0.3) is 0 Å². The molecule has 0 bridgehead atoms. The molecule has 0 radical (unpaired) electrons. The molecule has 1 heterocycles. The molecule has 0 unspecified atom stereocenters. The van der Waals surface area contributed by atoms with E-state index in [1.54, 1.807) is 0 Å². The first-order valence-electron chi connectivity index (χ1n) is 16.2. The van der Waals surface area contributed by atoms with Gasteiger partial charge in [0.25, 0.3) is 0 Å². The van der Waals surface area contributed by atoms with Crippen LogP contribution in [0.4, 0.5) is 4.39 Å². The molecule has 220 valence electrons. The number of nitrogens with zero attached hydrogens (tertiary/aromatic N) is 1. The number of hydrogen-bond donors (Lipinski definition) is 0. The monoisotopic (exact) mass is 563 g/mol. The maximum atomic E-state index is 17.2. The van der Waals surface area contributed by atoms with E-state index >= 15 is 4.39 Å². The Morgan fingerprint density at radius 1 is 0.900 bits per heavy atom. The second kappa shape index (κ2) is 11.3. The van der Waals surface area contributed by atoms with Crippen molar-refractivity contribution in [1.82, 2.24) is 4.98 Å². The molecular formula is C36H54FNOSi. The summed E-state index contributed by atoms with van der Waals surface area (Å²) in [5.74, 6) is 0.771. The van der Waals surface area contributed by atoms with Gasteiger partial charge in [0, 0.05) is 22.7 Å². The van der Waals surface area contributed by atoms with Crippen molar-refractivity contribution in [2.45, 2.75) is 154 Å². The minimum Gasteiger partial charge on any atom is -0.410 e. The van der Waals surface area contributed by atoms with Crippen LogP contribution >= 0.6 is 0 Å². The topological polar surface area (TPSA) is 22.1 Å². The Kier molecular flexibility index (Phi) is 8.45. The zero-order valence-corrected chi connectivity index (χ0v) is 27.6. The van der Waals surface area contributed by atoms with E-state index < -0.39 is 14.5 Å². The number of hydrogen-bond acceptors (Lipinski definition) is 2. The minimum absolute atomic E-state index is 0.00864. The lowest BCUT2D eigenvalue weighted by atomic mass is 9.69. The van der Waals surface area contributed by atoms with Crippen LogP contribution in [0, 0.1) is 12.3 Å². The van der Waals surface area contributed by atoms with Crippen LogP contribution in [-0.2, 0) is 10.8 Å². The molecule has 0 aliphatic heterocycles. The molecule has 2 saturated carbocycles. The standard InChI is InChI=1S/C36H54FNOSi/c1-24-18-20-26(21-19-24)33(37)32-30(25-14-10-9-11-15-25)31-28(38-34(32)27-16-12-13-17-27)22-36(5,6)23-29(31)39-40(7,8)35(2,3)4/h18-21,25,27,29,33H,9-17,22-23H2,1-8H3/t29-,33-/m0/s1. The summed E-state index contributed by atoms with van der Waals surface area (Å²) in [5, 5.41) is 0.115. The molecule has 0 N–H and O–H groups in total. The fraction of sp³-hybridized carbons (Fsp3) is 0.694.